The fourth-order valence-electron chi connectivity index (χ4n) is 3.78. The van der Waals surface area contributed by atoms with Crippen LogP contribution < -0.4 is 10.0 Å². The van der Waals surface area contributed by atoms with E-state index in [1.165, 1.54) is 24.3 Å². The molecule has 1 heterocycles. The van der Waals surface area contributed by atoms with Gasteiger partial charge >= 0.3 is 0 Å². The first-order chi connectivity index (χ1) is 11.9. The van der Waals surface area contributed by atoms with Crippen LogP contribution in [0.5, 0.6) is 0 Å². The lowest BCUT2D eigenvalue weighted by atomic mass is 9.80. The molecule has 0 aromatic heterocycles. The smallest absolute Gasteiger partial charge is 0.261 e. The number of carbonyl (C=O) groups is 1. The highest BCUT2D eigenvalue weighted by molar-refractivity contribution is 7.92. The Bertz CT molecular complexity index is 949. The number of rotatable bonds is 3. The summed E-state index contributed by atoms with van der Waals surface area (Å²) in [6.45, 7) is 0. The normalized spacial score (nSPS) is 18.2. The van der Waals surface area contributed by atoms with Crippen molar-refractivity contribution in [3.63, 3.8) is 0 Å². The van der Waals surface area contributed by atoms with E-state index < -0.39 is 15.4 Å². The molecule has 4 rings (SSSR count). The van der Waals surface area contributed by atoms with Gasteiger partial charge in [-0.2, -0.15) is 0 Å². The summed E-state index contributed by atoms with van der Waals surface area (Å²) in [6, 6.07) is 11.2. The first-order valence-corrected chi connectivity index (χ1v) is 10.0. The summed E-state index contributed by atoms with van der Waals surface area (Å²) in [5.41, 5.74) is 1.63. The fourth-order valence-corrected chi connectivity index (χ4v) is 4.96. The molecule has 2 aromatic rings. The highest BCUT2D eigenvalue weighted by atomic mass is 35.5. The topological polar surface area (TPSA) is 75.3 Å². The predicted octanol–water partition coefficient (Wildman–Crippen LogP) is 3.90. The zero-order chi connectivity index (χ0) is 17.7. The van der Waals surface area contributed by atoms with Gasteiger partial charge in [0.05, 0.1) is 10.3 Å². The van der Waals surface area contributed by atoms with Crippen LogP contribution in [0.15, 0.2) is 47.4 Å². The first kappa shape index (κ1) is 16.4. The molecule has 1 aliphatic carbocycles. The number of halogens is 1. The number of anilines is 2. The second-order valence-corrected chi connectivity index (χ2v) is 8.68. The summed E-state index contributed by atoms with van der Waals surface area (Å²) in [5, 5.41) is 3.40. The van der Waals surface area contributed by atoms with Crippen LogP contribution in [0.4, 0.5) is 11.4 Å². The number of nitrogens with one attached hydrogen (secondary N) is 2. The minimum Gasteiger partial charge on any atom is -0.325 e. The van der Waals surface area contributed by atoms with Crippen LogP contribution in [0.3, 0.4) is 0 Å². The standard InChI is InChI=1S/C18H17ClN2O3S/c19-12-3-6-14(7-4-12)25(23,24)21-13-5-8-16-15(11-13)18(17(22)20-16)9-1-2-10-18/h3-8,11,21H,1-2,9-10H2,(H,20,22). The first-order valence-electron chi connectivity index (χ1n) is 8.15. The molecule has 1 amide bonds. The van der Waals surface area contributed by atoms with Gasteiger partial charge in [0, 0.05) is 16.4 Å². The zero-order valence-corrected chi connectivity index (χ0v) is 15.0. The van der Waals surface area contributed by atoms with Crippen molar-refractivity contribution in [2.45, 2.75) is 36.0 Å². The van der Waals surface area contributed by atoms with Gasteiger partial charge in [-0.3, -0.25) is 9.52 Å². The Morgan fingerprint density at radius 3 is 2.40 bits per heavy atom. The number of amides is 1. The molecule has 1 saturated carbocycles. The molecule has 1 aliphatic heterocycles. The van der Waals surface area contributed by atoms with Crippen LogP contribution in [-0.2, 0) is 20.2 Å². The van der Waals surface area contributed by atoms with E-state index in [4.69, 9.17) is 11.6 Å². The lowest BCUT2D eigenvalue weighted by molar-refractivity contribution is -0.120. The predicted molar refractivity (Wildman–Crippen MR) is 97.5 cm³/mol. The molecule has 2 aromatic carbocycles. The third-order valence-corrected chi connectivity index (χ3v) is 6.70. The van der Waals surface area contributed by atoms with Gasteiger partial charge in [-0.05, 0) is 60.9 Å². The van der Waals surface area contributed by atoms with E-state index in [-0.39, 0.29) is 10.8 Å². The molecule has 0 unspecified atom stereocenters. The van der Waals surface area contributed by atoms with Crippen LogP contribution in [0.25, 0.3) is 0 Å². The molecule has 2 aliphatic rings. The molecule has 1 fully saturated rings. The highest BCUT2D eigenvalue weighted by Gasteiger charge is 2.48. The molecular formula is C18H17ClN2O3S. The number of hydrogen-bond donors (Lipinski definition) is 2. The number of benzene rings is 2. The lowest BCUT2D eigenvalue weighted by Gasteiger charge is -2.21. The molecule has 7 heteroatoms. The van der Waals surface area contributed by atoms with E-state index in [0.29, 0.717) is 10.7 Å². The second kappa shape index (κ2) is 5.75. The number of fused-ring (bicyclic) bond motifs is 2. The highest BCUT2D eigenvalue weighted by Crippen LogP contribution is 2.49. The van der Waals surface area contributed by atoms with Crippen LogP contribution in [0, 0.1) is 0 Å². The fraction of sp³-hybridized carbons (Fsp3) is 0.278. The van der Waals surface area contributed by atoms with E-state index in [1.807, 2.05) is 0 Å². The Balaban J connectivity index is 1.68. The van der Waals surface area contributed by atoms with Crippen molar-refractivity contribution in [2.75, 3.05) is 10.0 Å². The quantitative estimate of drug-likeness (QED) is 0.852. The van der Waals surface area contributed by atoms with Crippen LogP contribution in [0.2, 0.25) is 5.02 Å². The van der Waals surface area contributed by atoms with Gasteiger partial charge in [-0.25, -0.2) is 8.42 Å². The van der Waals surface area contributed by atoms with Crippen LogP contribution in [0.1, 0.15) is 31.2 Å². The van der Waals surface area contributed by atoms with Crippen molar-refractivity contribution in [3.8, 4) is 0 Å². The summed E-state index contributed by atoms with van der Waals surface area (Å²) < 4.78 is 27.7. The Morgan fingerprint density at radius 2 is 1.72 bits per heavy atom. The van der Waals surface area contributed by atoms with Gasteiger partial charge < -0.3 is 5.32 Å². The van der Waals surface area contributed by atoms with E-state index in [9.17, 15) is 13.2 Å². The van der Waals surface area contributed by atoms with Gasteiger partial charge in [0.1, 0.15) is 0 Å². The Labute approximate surface area is 151 Å². The molecule has 130 valence electrons. The number of hydrogen-bond acceptors (Lipinski definition) is 3. The maximum Gasteiger partial charge on any atom is 0.261 e. The van der Waals surface area contributed by atoms with Crippen molar-refractivity contribution in [1.82, 2.24) is 0 Å². The molecule has 0 saturated heterocycles. The van der Waals surface area contributed by atoms with Gasteiger partial charge in [0.2, 0.25) is 5.91 Å². The summed E-state index contributed by atoms with van der Waals surface area (Å²) in [7, 11) is -3.71. The number of sulfonamides is 1. The van der Waals surface area contributed by atoms with E-state index in [0.717, 1.165) is 36.9 Å². The molecular weight excluding hydrogens is 360 g/mol. The molecule has 0 radical (unpaired) electrons. The van der Waals surface area contributed by atoms with Gasteiger partial charge in [-0.1, -0.05) is 24.4 Å². The summed E-state index contributed by atoms with van der Waals surface area (Å²) >= 11 is 5.81. The van der Waals surface area contributed by atoms with Crippen molar-refractivity contribution in [1.29, 1.82) is 0 Å². The monoisotopic (exact) mass is 376 g/mol. The molecule has 25 heavy (non-hydrogen) atoms. The Kier molecular flexibility index (Phi) is 3.77. The Hall–Kier alpha value is -2.05. The molecule has 2 N–H and O–H groups in total. The van der Waals surface area contributed by atoms with E-state index in [1.54, 1.807) is 18.2 Å². The van der Waals surface area contributed by atoms with Gasteiger partial charge in [0.15, 0.2) is 0 Å². The molecule has 5 nitrogen and oxygen atoms in total. The minimum atomic E-state index is -3.71. The lowest BCUT2D eigenvalue weighted by Crippen LogP contribution is -2.31. The minimum absolute atomic E-state index is 0.0257. The maximum absolute atomic E-state index is 12.6. The average Bonchev–Trinajstić information content (AvgIpc) is 3.16. The summed E-state index contributed by atoms with van der Waals surface area (Å²) in [5.74, 6) is 0.0257. The van der Waals surface area contributed by atoms with Crippen LogP contribution >= 0.6 is 11.6 Å². The van der Waals surface area contributed by atoms with Gasteiger partial charge in [-0.15, -0.1) is 0 Å². The SMILES string of the molecule is O=C1Nc2ccc(NS(=O)(=O)c3ccc(Cl)cc3)cc2C12CCCC2. The van der Waals surface area contributed by atoms with Crippen molar-refractivity contribution in [2.24, 2.45) is 0 Å². The van der Waals surface area contributed by atoms with Crippen molar-refractivity contribution < 1.29 is 13.2 Å². The molecule has 0 atom stereocenters. The summed E-state index contributed by atoms with van der Waals surface area (Å²) in [4.78, 5) is 12.6. The molecule has 0 bridgehead atoms. The van der Waals surface area contributed by atoms with E-state index in [2.05, 4.69) is 10.0 Å². The zero-order valence-electron chi connectivity index (χ0n) is 13.4. The number of carbonyl (C=O) groups excluding carboxylic acids is 1. The molecule has 1 spiro atoms. The Morgan fingerprint density at radius 1 is 1.04 bits per heavy atom. The average molecular weight is 377 g/mol. The van der Waals surface area contributed by atoms with Gasteiger partial charge in [0.25, 0.3) is 10.0 Å². The maximum atomic E-state index is 12.6. The van der Waals surface area contributed by atoms with Crippen molar-refractivity contribution in [3.05, 3.63) is 53.1 Å². The van der Waals surface area contributed by atoms with Crippen molar-refractivity contribution >= 4 is 38.9 Å². The largest absolute Gasteiger partial charge is 0.325 e. The second-order valence-electron chi connectivity index (χ2n) is 6.56. The summed E-state index contributed by atoms with van der Waals surface area (Å²) in [6.07, 6.45) is 3.62. The van der Waals surface area contributed by atoms with Crippen LogP contribution in [-0.4, -0.2) is 14.3 Å². The third kappa shape index (κ3) is 2.69. The third-order valence-electron chi connectivity index (χ3n) is 5.05. The van der Waals surface area contributed by atoms with E-state index >= 15 is 0 Å².